The van der Waals surface area contributed by atoms with Crippen LogP contribution in [0.25, 0.3) is 0 Å². The summed E-state index contributed by atoms with van der Waals surface area (Å²) in [6.07, 6.45) is 2.71. The maximum Gasteiger partial charge on any atom is 0.273 e. The molecule has 0 radical (unpaired) electrons. The summed E-state index contributed by atoms with van der Waals surface area (Å²) in [4.78, 5) is 19.0. The second-order valence-electron chi connectivity index (χ2n) is 5.78. The van der Waals surface area contributed by atoms with Gasteiger partial charge in [-0.3, -0.25) is 4.79 Å². The number of halogens is 3. The standard InChI is InChI=1S/C17H20FN3OS.2ClH/c1-19-10-14-3-2-8-21(14)17(22)15-11-23-16(20-15)9-12-4-6-13(18)7-5-12;;/h4-7,11,14,19H,2-3,8-10H2,1H3;2*1H. The molecule has 1 aromatic carbocycles. The van der Waals surface area contributed by atoms with Crippen molar-refractivity contribution in [3.05, 3.63) is 51.7 Å². The lowest BCUT2D eigenvalue weighted by atomic mass is 10.1. The molecule has 2 heterocycles. The van der Waals surface area contributed by atoms with E-state index in [1.54, 1.807) is 12.1 Å². The highest BCUT2D eigenvalue weighted by molar-refractivity contribution is 7.09. The third-order valence-electron chi connectivity index (χ3n) is 4.12. The van der Waals surface area contributed by atoms with Crippen molar-refractivity contribution in [2.45, 2.75) is 25.3 Å². The molecular formula is C17H22Cl2FN3OS. The van der Waals surface area contributed by atoms with Gasteiger partial charge in [-0.15, -0.1) is 36.2 Å². The van der Waals surface area contributed by atoms with Gasteiger partial charge in [0.1, 0.15) is 11.5 Å². The lowest BCUT2D eigenvalue weighted by Gasteiger charge is -2.23. The van der Waals surface area contributed by atoms with Crippen molar-refractivity contribution in [3.63, 3.8) is 0 Å². The van der Waals surface area contributed by atoms with Crippen molar-refractivity contribution in [1.29, 1.82) is 0 Å². The molecule has 1 aromatic heterocycles. The summed E-state index contributed by atoms with van der Waals surface area (Å²) in [5.74, 6) is -0.224. The van der Waals surface area contributed by atoms with Gasteiger partial charge in [0.15, 0.2) is 0 Å². The Morgan fingerprint density at radius 2 is 2.08 bits per heavy atom. The predicted molar refractivity (Wildman–Crippen MR) is 104 cm³/mol. The van der Waals surface area contributed by atoms with Crippen LogP contribution in [0.15, 0.2) is 29.6 Å². The van der Waals surface area contributed by atoms with Crippen LogP contribution in [0, 0.1) is 5.82 Å². The van der Waals surface area contributed by atoms with Crippen molar-refractivity contribution in [3.8, 4) is 0 Å². The van der Waals surface area contributed by atoms with E-state index in [9.17, 15) is 9.18 Å². The van der Waals surface area contributed by atoms with Crippen molar-refractivity contribution in [2.75, 3.05) is 20.1 Å². The van der Waals surface area contributed by atoms with Crippen molar-refractivity contribution >= 4 is 42.1 Å². The molecule has 1 amide bonds. The van der Waals surface area contributed by atoms with E-state index in [0.29, 0.717) is 12.1 Å². The Bertz CT molecular complexity index is 681. The molecule has 1 aliphatic rings. The highest BCUT2D eigenvalue weighted by Gasteiger charge is 2.29. The number of likely N-dealkylation sites (N-methyl/N-ethyl adjacent to an activating group) is 1. The summed E-state index contributed by atoms with van der Waals surface area (Å²) in [6.45, 7) is 1.62. The van der Waals surface area contributed by atoms with E-state index in [0.717, 1.165) is 36.5 Å². The Hall–Kier alpha value is -1.21. The molecule has 1 atom stereocenters. The van der Waals surface area contributed by atoms with Crippen LogP contribution in [0.4, 0.5) is 4.39 Å². The number of rotatable bonds is 5. The molecular weight excluding hydrogens is 384 g/mol. The summed E-state index contributed by atoms with van der Waals surface area (Å²) in [7, 11) is 1.91. The molecule has 138 valence electrons. The first-order valence-electron chi connectivity index (χ1n) is 7.82. The topological polar surface area (TPSA) is 45.2 Å². The molecule has 25 heavy (non-hydrogen) atoms. The molecule has 0 spiro atoms. The van der Waals surface area contributed by atoms with Crippen LogP contribution >= 0.6 is 36.2 Å². The third-order valence-corrected chi connectivity index (χ3v) is 4.97. The first-order valence-corrected chi connectivity index (χ1v) is 8.70. The predicted octanol–water partition coefficient (Wildman–Crippen LogP) is 3.54. The van der Waals surface area contributed by atoms with Crippen LogP contribution in [0.2, 0.25) is 0 Å². The Labute approximate surface area is 163 Å². The van der Waals surface area contributed by atoms with Gasteiger partial charge in [-0.25, -0.2) is 9.37 Å². The largest absolute Gasteiger partial charge is 0.333 e. The second-order valence-corrected chi connectivity index (χ2v) is 6.72. The zero-order valence-corrected chi connectivity index (χ0v) is 16.4. The normalized spacial score (nSPS) is 16.2. The van der Waals surface area contributed by atoms with E-state index in [4.69, 9.17) is 0 Å². The summed E-state index contributed by atoms with van der Waals surface area (Å²) < 4.78 is 12.9. The number of likely N-dealkylation sites (tertiary alicyclic amines) is 1. The average Bonchev–Trinajstić information content (AvgIpc) is 3.19. The van der Waals surface area contributed by atoms with Gasteiger partial charge in [0.2, 0.25) is 0 Å². The Balaban J connectivity index is 0.00000156. The number of hydrogen-bond donors (Lipinski definition) is 1. The van der Waals surface area contributed by atoms with Gasteiger partial charge in [-0.1, -0.05) is 12.1 Å². The second kappa shape index (κ2) is 10.1. The van der Waals surface area contributed by atoms with Gasteiger partial charge in [-0.05, 0) is 37.6 Å². The number of thiazole rings is 1. The lowest BCUT2D eigenvalue weighted by Crippen LogP contribution is -2.40. The quantitative estimate of drug-likeness (QED) is 0.826. The summed E-state index contributed by atoms with van der Waals surface area (Å²) in [5.41, 5.74) is 1.52. The van der Waals surface area contributed by atoms with E-state index in [2.05, 4.69) is 10.3 Å². The number of nitrogens with one attached hydrogen (secondary N) is 1. The fraction of sp³-hybridized carbons (Fsp3) is 0.412. The number of carbonyl (C=O) groups excluding carboxylic acids is 1. The van der Waals surface area contributed by atoms with E-state index < -0.39 is 0 Å². The van der Waals surface area contributed by atoms with E-state index >= 15 is 0 Å². The van der Waals surface area contributed by atoms with Gasteiger partial charge in [0, 0.05) is 30.9 Å². The fourth-order valence-electron chi connectivity index (χ4n) is 2.97. The van der Waals surface area contributed by atoms with Crippen LogP contribution in [0.3, 0.4) is 0 Å². The minimum atomic E-state index is -0.242. The molecule has 4 nitrogen and oxygen atoms in total. The van der Waals surface area contributed by atoms with Crippen LogP contribution in [0.1, 0.15) is 33.9 Å². The van der Waals surface area contributed by atoms with Crippen LogP contribution in [0.5, 0.6) is 0 Å². The number of hydrogen-bond acceptors (Lipinski definition) is 4. The van der Waals surface area contributed by atoms with Gasteiger partial charge < -0.3 is 10.2 Å². The van der Waals surface area contributed by atoms with Gasteiger partial charge in [0.25, 0.3) is 5.91 Å². The highest BCUT2D eigenvalue weighted by atomic mass is 35.5. The van der Waals surface area contributed by atoms with Crippen LogP contribution in [-0.2, 0) is 6.42 Å². The maximum absolute atomic E-state index is 12.9. The van der Waals surface area contributed by atoms with Crippen molar-refractivity contribution in [1.82, 2.24) is 15.2 Å². The van der Waals surface area contributed by atoms with E-state index in [-0.39, 0.29) is 42.6 Å². The molecule has 0 bridgehead atoms. The lowest BCUT2D eigenvalue weighted by molar-refractivity contribution is 0.0731. The average molecular weight is 406 g/mol. The molecule has 1 unspecified atom stereocenters. The van der Waals surface area contributed by atoms with Crippen LogP contribution < -0.4 is 5.32 Å². The van der Waals surface area contributed by atoms with Gasteiger partial charge >= 0.3 is 0 Å². The minimum Gasteiger partial charge on any atom is -0.333 e. The molecule has 3 rings (SSSR count). The molecule has 1 fully saturated rings. The third kappa shape index (κ3) is 5.38. The maximum atomic E-state index is 12.9. The number of carbonyl (C=O) groups is 1. The Kier molecular flexibility index (Phi) is 8.79. The van der Waals surface area contributed by atoms with E-state index in [1.165, 1.54) is 23.5 Å². The first-order chi connectivity index (χ1) is 11.2. The minimum absolute atomic E-state index is 0. The summed E-state index contributed by atoms with van der Waals surface area (Å²) in [6, 6.07) is 6.65. The van der Waals surface area contributed by atoms with Gasteiger partial charge in [-0.2, -0.15) is 0 Å². The Morgan fingerprint density at radius 3 is 2.76 bits per heavy atom. The smallest absolute Gasteiger partial charge is 0.273 e. The van der Waals surface area contributed by atoms with Crippen molar-refractivity contribution < 1.29 is 9.18 Å². The number of amides is 1. The molecule has 1 saturated heterocycles. The number of nitrogens with zero attached hydrogens (tertiary/aromatic N) is 2. The van der Waals surface area contributed by atoms with Crippen LogP contribution in [-0.4, -0.2) is 42.0 Å². The molecule has 2 aromatic rings. The van der Waals surface area contributed by atoms with Crippen molar-refractivity contribution in [2.24, 2.45) is 0 Å². The molecule has 1 N–H and O–H groups in total. The monoisotopic (exact) mass is 405 g/mol. The SMILES string of the molecule is CNCC1CCCN1C(=O)c1csc(Cc2ccc(F)cc2)n1.Cl.Cl. The summed E-state index contributed by atoms with van der Waals surface area (Å²) in [5, 5.41) is 5.85. The molecule has 0 aliphatic carbocycles. The molecule has 0 saturated carbocycles. The number of benzene rings is 1. The fourth-order valence-corrected chi connectivity index (χ4v) is 3.77. The Morgan fingerprint density at radius 1 is 1.36 bits per heavy atom. The molecule has 1 aliphatic heterocycles. The first kappa shape index (κ1) is 21.8. The van der Waals surface area contributed by atoms with Gasteiger partial charge in [0.05, 0.1) is 5.01 Å². The van der Waals surface area contributed by atoms with E-state index in [1.807, 2.05) is 17.3 Å². The highest BCUT2D eigenvalue weighted by Crippen LogP contribution is 2.22. The molecule has 8 heteroatoms. The zero-order valence-electron chi connectivity index (χ0n) is 13.9. The summed E-state index contributed by atoms with van der Waals surface area (Å²) >= 11 is 1.48. The number of aromatic nitrogens is 1. The zero-order chi connectivity index (χ0) is 16.2.